The summed E-state index contributed by atoms with van der Waals surface area (Å²) in [6.07, 6.45) is 2.06. The molecule has 0 radical (unpaired) electrons. The molecule has 0 atom stereocenters. The van der Waals surface area contributed by atoms with Crippen LogP contribution in [0.5, 0.6) is 5.75 Å². The molecule has 0 saturated carbocycles. The summed E-state index contributed by atoms with van der Waals surface area (Å²) >= 11 is 0. The van der Waals surface area contributed by atoms with Crippen LogP contribution in [-0.2, 0) is 0 Å². The van der Waals surface area contributed by atoms with Gasteiger partial charge in [-0.05, 0) is 23.8 Å². The molecule has 0 unspecified atom stereocenters. The lowest BCUT2D eigenvalue weighted by molar-refractivity contribution is 0.514. The second-order valence-corrected chi connectivity index (χ2v) is 3.51. The summed E-state index contributed by atoms with van der Waals surface area (Å²) < 4.78 is 5.74. The van der Waals surface area contributed by atoms with E-state index in [1.54, 1.807) is 0 Å². The first-order valence-corrected chi connectivity index (χ1v) is 4.97. The third-order valence-corrected chi connectivity index (χ3v) is 2.48. The molecule has 0 spiro atoms. The molecule has 0 amide bonds. The molecule has 1 nitrogen and oxygen atoms in total. The first-order valence-electron chi connectivity index (χ1n) is 4.97. The Morgan fingerprint density at radius 2 is 1.47 bits per heavy atom. The molecule has 1 aliphatic carbocycles. The van der Waals surface area contributed by atoms with E-state index in [-0.39, 0.29) is 0 Å². The molecule has 0 fully saturated rings. The molecule has 2 aromatic carbocycles. The summed E-state index contributed by atoms with van der Waals surface area (Å²) in [6.45, 7) is 0. The van der Waals surface area contributed by atoms with Crippen molar-refractivity contribution in [3.05, 3.63) is 65.7 Å². The van der Waals surface area contributed by atoms with Crippen molar-refractivity contribution in [1.82, 2.24) is 0 Å². The predicted molar refractivity (Wildman–Crippen MR) is 61.4 cm³/mol. The van der Waals surface area contributed by atoms with Crippen molar-refractivity contribution in [1.29, 1.82) is 0 Å². The van der Waals surface area contributed by atoms with Gasteiger partial charge in [-0.1, -0.05) is 42.5 Å². The molecule has 0 bridgehead atoms. The minimum absolute atomic E-state index is 0.887. The Morgan fingerprint density at radius 3 is 2.27 bits per heavy atom. The van der Waals surface area contributed by atoms with Crippen molar-refractivity contribution < 1.29 is 4.74 Å². The number of para-hydroxylation sites is 1. The van der Waals surface area contributed by atoms with Crippen LogP contribution >= 0.6 is 0 Å². The van der Waals surface area contributed by atoms with Crippen LogP contribution in [0.3, 0.4) is 0 Å². The summed E-state index contributed by atoms with van der Waals surface area (Å²) in [6, 6.07) is 18.1. The van der Waals surface area contributed by atoms with Crippen LogP contribution in [0.25, 0.3) is 11.8 Å². The van der Waals surface area contributed by atoms with Gasteiger partial charge in [0.05, 0.1) is 0 Å². The smallest absolute Gasteiger partial charge is 0.135 e. The summed E-state index contributed by atoms with van der Waals surface area (Å²) in [5, 5.41) is 0. The highest BCUT2D eigenvalue weighted by Gasteiger charge is 2.16. The zero-order valence-corrected chi connectivity index (χ0v) is 8.18. The first-order chi connectivity index (χ1) is 7.43. The van der Waals surface area contributed by atoms with Crippen molar-refractivity contribution in [3.63, 3.8) is 0 Å². The van der Waals surface area contributed by atoms with Crippen LogP contribution < -0.4 is 4.74 Å². The van der Waals surface area contributed by atoms with Gasteiger partial charge in [0, 0.05) is 5.56 Å². The zero-order valence-electron chi connectivity index (χ0n) is 8.18. The van der Waals surface area contributed by atoms with Crippen LogP contribution in [0.4, 0.5) is 0 Å². The van der Waals surface area contributed by atoms with E-state index < -0.39 is 0 Å². The Kier molecular flexibility index (Phi) is 1.82. The largest absolute Gasteiger partial charge is 0.457 e. The van der Waals surface area contributed by atoms with Gasteiger partial charge in [0.1, 0.15) is 11.5 Å². The number of hydrogen-bond donors (Lipinski definition) is 0. The Hall–Kier alpha value is -2.02. The maximum Gasteiger partial charge on any atom is 0.135 e. The van der Waals surface area contributed by atoms with Gasteiger partial charge in [-0.3, -0.25) is 0 Å². The number of rotatable bonds is 2. The van der Waals surface area contributed by atoms with Gasteiger partial charge in [-0.2, -0.15) is 0 Å². The SMILES string of the molecule is C1=C(Oc2ccccc2)c2ccccc21. The maximum atomic E-state index is 5.74. The number of fused-ring (bicyclic) bond motifs is 1. The van der Waals surface area contributed by atoms with Gasteiger partial charge in [-0.25, -0.2) is 0 Å². The highest BCUT2D eigenvalue weighted by molar-refractivity contribution is 5.92. The fraction of sp³-hybridized carbons (Fsp3) is 0. The fourth-order valence-corrected chi connectivity index (χ4v) is 1.69. The molecule has 0 N–H and O–H groups in total. The number of benzene rings is 2. The van der Waals surface area contributed by atoms with Crippen molar-refractivity contribution >= 4 is 11.8 Å². The van der Waals surface area contributed by atoms with E-state index in [9.17, 15) is 0 Å². The molecule has 0 aromatic heterocycles. The van der Waals surface area contributed by atoms with Crippen molar-refractivity contribution in [2.45, 2.75) is 0 Å². The highest BCUT2D eigenvalue weighted by Crippen LogP contribution is 2.33. The van der Waals surface area contributed by atoms with Gasteiger partial charge >= 0.3 is 0 Å². The molecule has 1 heteroatoms. The molecular formula is C14H10O. The van der Waals surface area contributed by atoms with Crippen molar-refractivity contribution in [3.8, 4) is 5.75 Å². The van der Waals surface area contributed by atoms with Gasteiger partial charge in [0.15, 0.2) is 0 Å². The molecule has 72 valence electrons. The summed E-state index contributed by atoms with van der Waals surface area (Å²) in [4.78, 5) is 0. The van der Waals surface area contributed by atoms with Crippen molar-refractivity contribution in [2.75, 3.05) is 0 Å². The molecule has 3 rings (SSSR count). The number of hydrogen-bond acceptors (Lipinski definition) is 1. The average Bonchev–Trinajstić information content (AvgIpc) is 2.27. The van der Waals surface area contributed by atoms with E-state index in [1.165, 1.54) is 11.1 Å². The van der Waals surface area contributed by atoms with E-state index in [0.29, 0.717) is 0 Å². The molecular weight excluding hydrogens is 184 g/mol. The molecule has 0 aliphatic heterocycles. The molecule has 0 saturated heterocycles. The summed E-state index contributed by atoms with van der Waals surface area (Å²) in [5.74, 6) is 1.84. The van der Waals surface area contributed by atoms with Gasteiger partial charge in [0.2, 0.25) is 0 Å². The summed E-state index contributed by atoms with van der Waals surface area (Å²) in [5.41, 5.74) is 2.45. The average molecular weight is 194 g/mol. The Labute approximate surface area is 88.6 Å². The minimum atomic E-state index is 0.887. The van der Waals surface area contributed by atoms with E-state index in [0.717, 1.165) is 11.5 Å². The normalized spacial score (nSPS) is 12.4. The van der Waals surface area contributed by atoms with Crippen molar-refractivity contribution in [2.24, 2.45) is 0 Å². The molecule has 0 heterocycles. The lowest BCUT2D eigenvalue weighted by atomic mass is 9.96. The van der Waals surface area contributed by atoms with E-state index in [1.807, 2.05) is 42.5 Å². The van der Waals surface area contributed by atoms with Gasteiger partial charge < -0.3 is 4.74 Å². The topological polar surface area (TPSA) is 9.23 Å². The van der Waals surface area contributed by atoms with Crippen LogP contribution in [0.2, 0.25) is 0 Å². The lowest BCUT2D eigenvalue weighted by Gasteiger charge is -2.19. The first kappa shape index (κ1) is 8.30. The summed E-state index contributed by atoms with van der Waals surface area (Å²) in [7, 11) is 0. The quantitative estimate of drug-likeness (QED) is 0.710. The fourth-order valence-electron chi connectivity index (χ4n) is 1.69. The predicted octanol–water partition coefficient (Wildman–Crippen LogP) is 3.58. The van der Waals surface area contributed by atoms with E-state index in [4.69, 9.17) is 4.74 Å². The van der Waals surface area contributed by atoms with E-state index >= 15 is 0 Å². The third kappa shape index (κ3) is 1.42. The second kappa shape index (κ2) is 3.28. The van der Waals surface area contributed by atoms with Gasteiger partial charge in [-0.15, -0.1) is 0 Å². The number of ether oxygens (including phenoxy) is 1. The molecule has 1 aliphatic rings. The minimum Gasteiger partial charge on any atom is -0.457 e. The Bertz CT molecular complexity index is 512. The lowest BCUT2D eigenvalue weighted by Crippen LogP contribution is -2.04. The van der Waals surface area contributed by atoms with Crippen LogP contribution in [0.1, 0.15) is 11.1 Å². The zero-order chi connectivity index (χ0) is 10.1. The molecule has 15 heavy (non-hydrogen) atoms. The van der Waals surface area contributed by atoms with E-state index in [2.05, 4.69) is 18.2 Å². The van der Waals surface area contributed by atoms with Crippen LogP contribution in [0, 0.1) is 0 Å². The second-order valence-electron chi connectivity index (χ2n) is 3.51. The maximum absolute atomic E-state index is 5.74. The van der Waals surface area contributed by atoms with Crippen LogP contribution in [0.15, 0.2) is 54.6 Å². The Morgan fingerprint density at radius 1 is 0.733 bits per heavy atom. The standard InChI is InChI=1S/C14H10O/c1-2-7-12(8-3-1)15-14-10-11-6-4-5-9-13(11)14/h1-10H. The molecule has 2 aromatic rings. The highest BCUT2D eigenvalue weighted by atomic mass is 16.5. The van der Waals surface area contributed by atoms with Gasteiger partial charge in [0.25, 0.3) is 0 Å². The van der Waals surface area contributed by atoms with Crippen LogP contribution in [-0.4, -0.2) is 0 Å². The monoisotopic (exact) mass is 194 g/mol. The Balaban J connectivity index is 1.84. The third-order valence-electron chi connectivity index (χ3n) is 2.48.